The average Bonchev–Trinajstić information content (AvgIpc) is 2.33. The van der Waals surface area contributed by atoms with E-state index in [-0.39, 0.29) is 10.8 Å². The molecule has 0 saturated carbocycles. The molecule has 0 radical (unpaired) electrons. The highest BCUT2D eigenvalue weighted by atomic mass is 35.5. The van der Waals surface area contributed by atoms with Crippen LogP contribution >= 0.6 is 11.6 Å². The van der Waals surface area contributed by atoms with E-state index >= 15 is 0 Å². The first-order valence-electron chi connectivity index (χ1n) is 5.64. The third-order valence-electron chi connectivity index (χ3n) is 3.03. The van der Waals surface area contributed by atoms with Crippen molar-refractivity contribution < 1.29 is 9.13 Å². The Balaban J connectivity index is 2.34. The molecule has 1 heterocycles. The number of piperazine rings is 1. The summed E-state index contributed by atoms with van der Waals surface area (Å²) in [6.45, 7) is 4.83. The van der Waals surface area contributed by atoms with Crippen molar-refractivity contribution in [3.8, 4) is 5.75 Å². The third kappa shape index (κ3) is 2.48. The molecule has 1 fully saturated rings. The number of rotatable bonds is 2. The summed E-state index contributed by atoms with van der Waals surface area (Å²) in [6.07, 6.45) is 0. The Labute approximate surface area is 106 Å². The Morgan fingerprint density at radius 3 is 2.94 bits per heavy atom. The lowest BCUT2D eigenvalue weighted by Gasteiger charge is -2.36. The number of methoxy groups -OCH3 is 1. The van der Waals surface area contributed by atoms with Crippen molar-refractivity contribution in [1.29, 1.82) is 0 Å². The first-order valence-corrected chi connectivity index (χ1v) is 6.01. The summed E-state index contributed by atoms with van der Waals surface area (Å²) in [5.74, 6) is -0.307. The molecule has 3 nitrogen and oxygen atoms in total. The molecule has 1 atom stereocenters. The second kappa shape index (κ2) is 5.10. The highest BCUT2D eigenvalue weighted by Gasteiger charge is 2.20. The van der Waals surface area contributed by atoms with Crippen LogP contribution in [-0.2, 0) is 0 Å². The first kappa shape index (κ1) is 12.5. The average molecular weight is 259 g/mol. The van der Waals surface area contributed by atoms with E-state index in [1.54, 1.807) is 12.1 Å². The number of hydrogen-bond donors (Lipinski definition) is 1. The monoisotopic (exact) mass is 258 g/mol. The second-order valence-corrected chi connectivity index (χ2v) is 4.60. The van der Waals surface area contributed by atoms with Gasteiger partial charge in [-0.3, -0.25) is 0 Å². The molecule has 1 aliphatic heterocycles. The van der Waals surface area contributed by atoms with Gasteiger partial charge in [0.1, 0.15) is 0 Å². The first-order chi connectivity index (χ1) is 8.13. The fraction of sp³-hybridized carbons (Fsp3) is 0.500. The van der Waals surface area contributed by atoms with Gasteiger partial charge in [0.15, 0.2) is 11.6 Å². The predicted octanol–water partition coefficient (Wildman–Crippen LogP) is 2.29. The minimum absolute atomic E-state index is 0.102. The molecule has 5 heteroatoms. The highest BCUT2D eigenvalue weighted by molar-refractivity contribution is 6.31. The Morgan fingerprint density at radius 1 is 1.53 bits per heavy atom. The van der Waals surface area contributed by atoms with Crippen molar-refractivity contribution in [2.24, 2.45) is 0 Å². The van der Waals surface area contributed by atoms with E-state index in [2.05, 4.69) is 17.1 Å². The number of benzene rings is 1. The lowest BCUT2D eigenvalue weighted by atomic mass is 10.1. The van der Waals surface area contributed by atoms with Gasteiger partial charge >= 0.3 is 0 Å². The Hall–Kier alpha value is -1.00. The van der Waals surface area contributed by atoms with Gasteiger partial charge in [0, 0.05) is 37.4 Å². The smallest absolute Gasteiger partial charge is 0.183 e. The summed E-state index contributed by atoms with van der Waals surface area (Å²) in [5.41, 5.74) is 0.905. The van der Waals surface area contributed by atoms with E-state index in [0.717, 1.165) is 25.3 Å². The number of anilines is 1. The van der Waals surface area contributed by atoms with Crippen LogP contribution in [0.5, 0.6) is 5.75 Å². The van der Waals surface area contributed by atoms with Gasteiger partial charge in [0.25, 0.3) is 0 Å². The van der Waals surface area contributed by atoms with E-state index in [9.17, 15) is 4.39 Å². The van der Waals surface area contributed by atoms with Crippen molar-refractivity contribution >= 4 is 17.3 Å². The zero-order valence-corrected chi connectivity index (χ0v) is 10.7. The van der Waals surface area contributed by atoms with Gasteiger partial charge < -0.3 is 15.0 Å². The number of nitrogens with zero attached hydrogens (tertiary/aromatic N) is 1. The van der Waals surface area contributed by atoms with Gasteiger partial charge in [-0.1, -0.05) is 11.6 Å². The van der Waals surface area contributed by atoms with Crippen LogP contribution in [-0.4, -0.2) is 32.8 Å². The van der Waals surface area contributed by atoms with Crippen LogP contribution in [0.2, 0.25) is 5.02 Å². The van der Waals surface area contributed by atoms with Crippen LogP contribution in [0.15, 0.2) is 12.1 Å². The quantitative estimate of drug-likeness (QED) is 0.881. The maximum absolute atomic E-state index is 13.6. The molecule has 0 aromatic heterocycles. The van der Waals surface area contributed by atoms with E-state index in [1.165, 1.54) is 7.11 Å². The molecule has 17 heavy (non-hydrogen) atoms. The van der Waals surface area contributed by atoms with Crippen LogP contribution in [0.4, 0.5) is 10.1 Å². The molecule has 0 aliphatic carbocycles. The third-order valence-corrected chi connectivity index (χ3v) is 3.31. The largest absolute Gasteiger partial charge is 0.494 e. The lowest BCUT2D eigenvalue weighted by molar-refractivity contribution is 0.386. The molecule has 1 saturated heterocycles. The lowest BCUT2D eigenvalue weighted by Crippen LogP contribution is -2.49. The summed E-state index contributed by atoms with van der Waals surface area (Å²) in [4.78, 5) is 2.20. The fourth-order valence-electron chi connectivity index (χ4n) is 2.09. The predicted molar refractivity (Wildman–Crippen MR) is 67.6 cm³/mol. The topological polar surface area (TPSA) is 24.5 Å². The molecule has 2 rings (SSSR count). The van der Waals surface area contributed by atoms with E-state index in [1.807, 2.05) is 0 Å². The van der Waals surface area contributed by atoms with E-state index in [4.69, 9.17) is 16.3 Å². The number of halogens is 2. The van der Waals surface area contributed by atoms with Gasteiger partial charge in [-0.2, -0.15) is 0 Å². The van der Waals surface area contributed by atoms with Crippen LogP contribution in [0.25, 0.3) is 0 Å². The van der Waals surface area contributed by atoms with Crippen molar-refractivity contribution in [2.45, 2.75) is 13.0 Å². The summed E-state index contributed by atoms with van der Waals surface area (Å²) >= 11 is 5.87. The normalized spacial score (nSPS) is 20.5. The highest BCUT2D eigenvalue weighted by Crippen LogP contribution is 2.32. The van der Waals surface area contributed by atoms with Crippen LogP contribution in [0.1, 0.15) is 6.92 Å². The fourth-order valence-corrected chi connectivity index (χ4v) is 2.29. The van der Waals surface area contributed by atoms with Gasteiger partial charge in [0.05, 0.1) is 12.1 Å². The minimum Gasteiger partial charge on any atom is -0.494 e. The van der Waals surface area contributed by atoms with E-state index < -0.39 is 5.82 Å². The minimum atomic E-state index is -0.499. The number of nitrogens with one attached hydrogen (secondary N) is 1. The summed E-state index contributed by atoms with van der Waals surface area (Å²) in [7, 11) is 1.44. The zero-order valence-electron chi connectivity index (χ0n) is 9.96. The number of ether oxygens (including phenoxy) is 1. The summed E-state index contributed by atoms with van der Waals surface area (Å²) in [6, 6.07) is 3.71. The van der Waals surface area contributed by atoms with Crippen molar-refractivity contribution in [3.05, 3.63) is 23.0 Å². The van der Waals surface area contributed by atoms with Crippen molar-refractivity contribution in [2.75, 3.05) is 31.6 Å². The van der Waals surface area contributed by atoms with E-state index in [0.29, 0.717) is 6.04 Å². The Morgan fingerprint density at radius 2 is 2.29 bits per heavy atom. The molecule has 1 aromatic carbocycles. The molecular weight excluding hydrogens is 243 g/mol. The Kier molecular flexibility index (Phi) is 3.74. The maximum Gasteiger partial charge on any atom is 0.183 e. The summed E-state index contributed by atoms with van der Waals surface area (Å²) in [5, 5.41) is 3.41. The van der Waals surface area contributed by atoms with Crippen molar-refractivity contribution in [1.82, 2.24) is 5.32 Å². The molecule has 0 spiro atoms. The Bertz CT molecular complexity index is 414. The number of hydrogen-bond acceptors (Lipinski definition) is 3. The van der Waals surface area contributed by atoms with Gasteiger partial charge in [0.2, 0.25) is 0 Å². The van der Waals surface area contributed by atoms with Gasteiger partial charge in [-0.25, -0.2) is 4.39 Å². The second-order valence-electron chi connectivity index (χ2n) is 4.19. The molecule has 94 valence electrons. The zero-order chi connectivity index (χ0) is 12.4. The molecule has 1 N–H and O–H groups in total. The molecule has 1 aliphatic rings. The standard InChI is InChI=1S/C12H16ClFN2O/c1-8-7-15-3-4-16(8)9-5-10(13)12(14)11(6-9)17-2/h5-6,8,15H,3-4,7H2,1-2H3/t8-/m0/s1. The molecular formula is C12H16ClFN2O. The maximum atomic E-state index is 13.6. The van der Waals surface area contributed by atoms with Gasteiger partial charge in [-0.15, -0.1) is 0 Å². The SMILES string of the molecule is COc1cc(N2CCNC[C@@H]2C)cc(Cl)c1F. The van der Waals surface area contributed by atoms with Crippen molar-refractivity contribution in [3.63, 3.8) is 0 Å². The molecule has 0 bridgehead atoms. The summed E-state index contributed by atoms with van der Waals surface area (Å²) < 4.78 is 18.5. The molecule has 0 unspecified atom stereocenters. The van der Waals surface area contributed by atoms with Gasteiger partial charge in [-0.05, 0) is 13.0 Å². The molecule has 1 aromatic rings. The van der Waals surface area contributed by atoms with Crippen LogP contribution in [0.3, 0.4) is 0 Å². The molecule has 0 amide bonds. The van der Waals surface area contributed by atoms with Crippen LogP contribution in [0, 0.1) is 5.82 Å². The van der Waals surface area contributed by atoms with Crippen LogP contribution < -0.4 is 15.0 Å².